The number of benzene rings is 3. The maximum Gasteiger partial charge on any atom is 0.299 e. The van der Waals surface area contributed by atoms with Gasteiger partial charge in [0.15, 0.2) is 0 Å². The van der Waals surface area contributed by atoms with E-state index in [4.69, 9.17) is 4.74 Å². The summed E-state index contributed by atoms with van der Waals surface area (Å²) in [5.74, 6) is -1.58. The molecule has 0 saturated heterocycles. The predicted molar refractivity (Wildman–Crippen MR) is 166 cm³/mol. The molecular weight excluding hydrogens is 544 g/mol. The molecule has 0 fully saturated rings. The van der Waals surface area contributed by atoms with Crippen molar-refractivity contribution in [3.05, 3.63) is 96.1 Å². The van der Waals surface area contributed by atoms with Crippen LogP contribution >= 0.6 is 0 Å². The van der Waals surface area contributed by atoms with Crippen LogP contribution in [0.1, 0.15) is 35.2 Å². The van der Waals surface area contributed by atoms with Crippen LogP contribution in [-0.4, -0.2) is 62.2 Å². The quantitative estimate of drug-likeness (QED) is 0.276. The monoisotopic (exact) mass is 580 g/mol. The summed E-state index contributed by atoms with van der Waals surface area (Å²) in [6.07, 6.45) is 6.29. The Labute approximate surface area is 251 Å². The molecule has 5 rings (SSSR count). The number of allylic oxidation sites excluding steroid dienone is 2. The summed E-state index contributed by atoms with van der Waals surface area (Å²) in [5.41, 5.74) is 3.09. The first-order chi connectivity index (χ1) is 20.8. The van der Waals surface area contributed by atoms with Gasteiger partial charge in [-0.15, -0.1) is 0 Å². The van der Waals surface area contributed by atoms with E-state index in [0.717, 1.165) is 24.1 Å². The Hall–Kier alpha value is -4.92. The number of methoxy groups -OCH3 is 1. The lowest BCUT2D eigenvalue weighted by Gasteiger charge is -2.37. The van der Waals surface area contributed by atoms with Crippen molar-refractivity contribution in [2.24, 2.45) is 5.92 Å². The van der Waals surface area contributed by atoms with Crippen LogP contribution in [0.15, 0.2) is 84.9 Å². The molecule has 0 aromatic heterocycles. The SMILES string of the molecule is COc1ccc(CN(C(=O)CN2C(=O)C(=O)c3ccccc32)[C@@H](C(=O)Nc2ccc(N(C)C)cc2)[C@@H]2CC=CCC2)cc1. The summed E-state index contributed by atoms with van der Waals surface area (Å²) in [6, 6.07) is 20.7. The molecule has 1 aliphatic heterocycles. The van der Waals surface area contributed by atoms with Crippen LogP contribution in [0.25, 0.3) is 0 Å². The number of hydrogen-bond donors (Lipinski definition) is 1. The van der Waals surface area contributed by atoms with E-state index in [1.54, 1.807) is 36.3 Å². The molecule has 0 bridgehead atoms. The van der Waals surface area contributed by atoms with E-state index in [1.807, 2.05) is 67.5 Å². The second-order valence-electron chi connectivity index (χ2n) is 11.0. The van der Waals surface area contributed by atoms with Crippen LogP contribution in [0.3, 0.4) is 0 Å². The van der Waals surface area contributed by atoms with Gasteiger partial charge in [0, 0.05) is 32.0 Å². The fraction of sp³-hybridized carbons (Fsp3) is 0.294. The molecule has 9 nitrogen and oxygen atoms in total. The highest BCUT2D eigenvalue weighted by atomic mass is 16.5. The van der Waals surface area contributed by atoms with Gasteiger partial charge in [-0.1, -0.05) is 36.4 Å². The predicted octanol–water partition coefficient (Wildman–Crippen LogP) is 4.68. The van der Waals surface area contributed by atoms with Gasteiger partial charge < -0.3 is 19.9 Å². The number of carbonyl (C=O) groups excluding carboxylic acids is 4. The van der Waals surface area contributed by atoms with E-state index < -0.39 is 23.6 Å². The topological polar surface area (TPSA) is 99.3 Å². The molecule has 0 unspecified atom stereocenters. The number of nitrogens with one attached hydrogen (secondary N) is 1. The minimum absolute atomic E-state index is 0.137. The lowest BCUT2D eigenvalue weighted by molar-refractivity contribution is -0.140. The Kier molecular flexibility index (Phi) is 8.90. The van der Waals surface area contributed by atoms with Crippen LogP contribution in [-0.2, 0) is 20.9 Å². The summed E-state index contributed by atoms with van der Waals surface area (Å²) in [4.78, 5) is 58.8. The number of anilines is 3. The van der Waals surface area contributed by atoms with Gasteiger partial charge in [0.2, 0.25) is 11.8 Å². The molecule has 3 aromatic rings. The first-order valence-electron chi connectivity index (χ1n) is 14.4. The standard InChI is InChI=1S/C34H36N4O5/c1-36(2)26-17-15-25(16-18-26)35-33(41)31(24-9-5-4-6-10-24)38(21-23-13-19-27(43-3)20-14-23)30(39)22-37-29-12-8-7-11-28(29)32(40)34(37)42/h4-5,7-8,11-20,24,31H,6,9-10,21-22H2,1-3H3,(H,35,41)/t24-,31-/m1/s1. The van der Waals surface area contributed by atoms with Gasteiger partial charge in [-0.2, -0.15) is 0 Å². The van der Waals surface area contributed by atoms with E-state index >= 15 is 0 Å². The molecule has 0 saturated carbocycles. The molecule has 3 amide bonds. The van der Waals surface area contributed by atoms with Gasteiger partial charge in [-0.25, -0.2) is 0 Å². The number of hydrogen-bond acceptors (Lipinski definition) is 6. The molecule has 1 N–H and O–H groups in total. The molecule has 43 heavy (non-hydrogen) atoms. The maximum atomic E-state index is 14.2. The minimum atomic E-state index is -0.822. The van der Waals surface area contributed by atoms with Gasteiger partial charge in [0.25, 0.3) is 11.7 Å². The number of carbonyl (C=O) groups is 4. The van der Waals surface area contributed by atoms with E-state index in [1.165, 1.54) is 4.90 Å². The van der Waals surface area contributed by atoms with Crippen molar-refractivity contribution in [1.29, 1.82) is 0 Å². The Morgan fingerprint density at radius 1 is 0.977 bits per heavy atom. The number of Topliss-reactive ketones (excluding diaryl/α,β-unsaturated/α-hetero) is 1. The summed E-state index contributed by atoms with van der Waals surface area (Å²) in [5, 5.41) is 3.04. The third-order valence-electron chi connectivity index (χ3n) is 8.02. The Morgan fingerprint density at radius 2 is 1.70 bits per heavy atom. The van der Waals surface area contributed by atoms with Gasteiger partial charge in [-0.3, -0.25) is 24.1 Å². The minimum Gasteiger partial charge on any atom is -0.497 e. The normalized spacial score (nSPS) is 16.4. The van der Waals surface area contributed by atoms with Crippen molar-refractivity contribution >= 4 is 40.6 Å². The van der Waals surface area contributed by atoms with E-state index in [-0.39, 0.29) is 30.5 Å². The lowest BCUT2D eigenvalue weighted by Crippen LogP contribution is -2.54. The third-order valence-corrected chi connectivity index (χ3v) is 8.02. The molecule has 1 aliphatic carbocycles. The summed E-state index contributed by atoms with van der Waals surface area (Å²) in [7, 11) is 5.47. The van der Waals surface area contributed by atoms with Crippen LogP contribution in [0.5, 0.6) is 5.75 Å². The summed E-state index contributed by atoms with van der Waals surface area (Å²) in [6.45, 7) is -0.222. The van der Waals surface area contributed by atoms with E-state index in [0.29, 0.717) is 23.5 Å². The number of fused-ring (bicyclic) bond motifs is 1. The van der Waals surface area contributed by atoms with Crippen LogP contribution in [0.4, 0.5) is 17.1 Å². The fourth-order valence-electron chi connectivity index (χ4n) is 5.67. The molecular formula is C34H36N4O5. The Balaban J connectivity index is 1.49. The van der Waals surface area contributed by atoms with Crippen molar-refractivity contribution in [3.63, 3.8) is 0 Å². The second-order valence-corrected chi connectivity index (χ2v) is 11.0. The molecule has 222 valence electrons. The third kappa shape index (κ3) is 6.45. The highest BCUT2D eigenvalue weighted by Gasteiger charge is 2.41. The Morgan fingerprint density at radius 3 is 2.35 bits per heavy atom. The number of rotatable bonds is 10. The van der Waals surface area contributed by atoms with Gasteiger partial charge in [-0.05, 0) is 79.3 Å². The second kappa shape index (κ2) is 12.9. The van der Waals surface area contributed by atoms with Crippen molar-refractivity contribution in [2.45, 2.75) is 31.8 Å². The molecule has 2 aliphatic rings. The lowest BCUT2D eigenvalue weighted by atomic mass is 9.85. The zero-order valence-electron chi connectivity index (χ0n) is 24.7. The summed E-state index contributed by atoms with van der Waals surface area (Å²) < 4.78 is 5.30. The molecule has 3 aromatic carbocycles. The molecule has 1 heterocycles. The van der Waals surface area contributed by atoms with Gasteiger partial charge in [0.1, 0.15) is 18.3 Å². The number of nitrogens with zero attached hydrogens (tertiary/aromatic N) is 3. The van der Waals surface area contributed by atoms with E-state index in [9.17, 15) is 19.2 Å². The average Bonchev–Trinajstić information content (AvgIpc) is 3.26. The number of ether oxygens (including phenoxy) is 1. The first-order valence-corrected chi connectivity index (χ1v) is 14.4. The zero-order chi connectivity index (χ0) is 30.5. The van der Waals surface area contributed by atoms with Crippen molar-refractivity contribution < 1.29 is 23.9 Å². The highest BCUT2D eigenvalue weighted by molar-refractivity contribution is 6.52. The number of para-hydroxylation sites is 1. The van der Waals surface area contributed by atoms with E-state index in [2.05, 4.69) is 17.5 Å². The smallest absolute Gasteiger partial charge is 0.299 e. The molecule has 0 spiro atoms. The van der Waals surface area contributed by atoms with Crippen molar-refractivity contribution in [2.75, 3.05) is 42.9 Å². The number of amides is 3. The van der Waals surface area contributed by atoms with Crippen LogP contribution < -0.4 is 19.9 Å². The van der Waals surface area contributed by atoms with Crippen molar-refractivity contribution in [1.82, 2.24) is 4.90 Å². The first kappa shape index (κ1) is 29.6. The van der Waals surface area contributed by atoms with Gasteiger partial charge in [0.05, 0.1) is 18.4 Å². The molecule has 0 radical (unpaired) electrons. The molecule has 2 atom stereocenters. The van der Waals surface area contributed by atoms with Crippen LogP contribution in [0, 0.1) is 5.92 Å². The van der Waals surface area contributed by atoms with Crippen LogP contribution in [0.2, 0.25) is 0 Å². The molecule has 9 heteroatoms. The highest BCUT2D eigenvalue weighted by Crippen LogP contribution is 2.31. The van der Waals surface area contributed by atoms with Gasteiger partial charge >= 0.3 is 0 Å². The number of ketones is 1. The van der Waals surface area contributed by atoms with Crippen molar-refractivity contribution in [3.8, 4) is 5.75 Å². The average molecular weight is 581 g/mol. The Bertz CT molecular complexity index is 1530. The maximum absolute atomic E-state index is 14.2. The largest absolute Gasteiger partial charge is 0.497 e. The summed E-state index contributed by atoms with van der Waals surface area (Å²) >= 11 is 0. The zero-order valence-corrected chi connectivity index (χ0v) is 24.7. The fourth-order valence-corrected chi connectivity index (χ4v) is 5.67.